The molecule has 2 bridgehead atoms. The predicted molar refractivity (Wildman–Crippen MR) is 72.5 cm³/mol. The van der Waals surface area contributed by atoms with E-state index in [1.165, 1.54) is 25.7 Å². The fourth-order valence-corrected chi connectivity index (χ4v) is 5.16. The highest BCUT2D eigenvalue weighted by molar-refractivity contribution is 5.76. The molecule has 0 amide bonds. The van der Waals surface area contributed by atoms with E-state index in [1.54, 1.807) is 0 Å². The van der Waals surface area contributed by atoms with E-state index in [4.69, 9.17) is 9.47 Å². The first-order chi connectivity index (χ1) is 9.62. The minimum absolute atomic E-state index is 0.0753. The highest BCUT2D eigenvalue weighted by Gasteiger charge is 2.59. The predicted octanol–water partition coefficient (Wildman–Crippen LogP) is 2.89. The molecule has 4 atom stereocenters. The lowest BCUT2D eigenvalue weighted by Gasteiger charge is -2.34. The SMILES string of the molecule is O=C(O)C1(CC2CCC3(CCCC3)O2)CC2CCC1O2. The van der Waals surface area contributed by atoms with Gasteiger partial charge in [0.2, 0.25) is 0 Å². The molecular formula is C16H24O4. The van der Waals surface area contributed by atoms with Crippen LogP contribution in [0.1, 0.15) is 64.2 Å². The molecule has 3 heterocycles. The lowest BCUT2D eigenvalue weighted by Crippen LogP contribution is -2.43. The van der Waals surface area contributed by atoms with Gasteiger partial charge in [0.25, 0.3) is 0 Å². The van der Waals surface area contributed by atoms with Crippen LogP contribution in [-0.4, -0.2) is 35.0 Å². The van der Waals surface area contributed by atoms with Crippen LogP contribution in [0.25, 0.3) is 0 Å². The Morgan fingerprint density at radius 2 is 1.95 bits per heavy atom. The second-order valence-electron chi connectivity index (χ2n) is 7.36. The molecule has 4 heteroatoms. The molecule has 20 heavy (non-hydrogen) atoms. The summed E-state index contributed by atoms with van der Waals surface area (Å²) in [4.78, 5) is 11.9. The van der Waals surface area contributed by atoms with Crippen molar-refractivity contribution in [3.05, 3.63) is 0 Å². The van der Waals surface area contributed by atoms with Crippen molar-refractivity contribution in [1.29, 1.82) is 0 Å². The first-order valence-corrected chi connectivity index (χ1v) is 8.19. The number of ether oxygens (including phenoxy) is 2. The van der Waals surface area contributed by atoms with Gasteiger partial charge >= 0.3 is 5.97 Å². The molecule has 3 aliphatic heterocycles. The fraction of sp³-hybridized carbons (Fsp3) is 0.938. The number of carboxylic acid groups (broad SMARTS) is 1. The van der Waals surface area contributed by atoms with Gasteiger partial charge < -0.3 is 14.6 Å². The van der Waals surface area contributed by atoms with Crippen LogP contribution in [0.15, 0.2) is 0 Å². The summed E-state index contributed by atoms with van der Waals surface area (Å²) < 4.78 is 12.2. The van der Waals surface area contributed by atoms with Crippen LogP contribution in [0.2, 0.25) is 0 Å². The monoisotopic (exact) mass is 280 g/mol. The second-order valence-corrected chi connectivity index (χ2v) is 7.36. The normalized spacial score (nSPS) is 45.5. The van der Waals surface area contributed by atoms with Gasteiger partial charge in [-0.1, -0.05) is 12.8 Å². The lowest BCUT2D eigenvalue weighted by atomic mass is 9.70. The zero-order chi connectivity index (χ0) is 13.8. The summed E-state index contributed by atoms with van der Waals surface area (Å²) >= 11 is 0. The Bertz CT molecular complexity index is 415. The van der Waals surface area contributed by atoms with Gasteiger partial charge in [-0.2, -0.15) is 0 Å². The number of aliphatic carboxylic acids is 1. The third kappa shape index (κ3) is 1.84. The highest BCUT2D eigenvalue weighted by atomic mass is 16.5. The summed E-state index contributed by atoms with van der Waals surface area (Å²) in [6.45, 7) is 0. The second kappa shape index (κ2) is 4.44. The van der Waals surface area contributed by atoms with Crippen molar-refractivity contribution in [2.24, 2.45) is 5.41 Å². The molecule has 0 aromatic heterocycles. The Morgan fingerprint density at radius 3 is 2.55 bits per heavy atom. The van der Waals surface area contributed by atoms with E-state index in [0.29, 0.717) is 12.8 Å². The van der Waals surface area contributed by atoms with E-state index in [-0.39, 0.29) is 23.9 Å². The minimum atomic E-state index is -0.669. The standard InChI is InChI=1S/C16H24O4/c17-14(18)16(9-11-3-4-13(16)19-11)10-12-5-8-15(20-12)6-1-2-7-15/h11-13H,1-10H2,(H,17,18). The molecular weight excluding hydrogens is 256 g/mol. The van der Waals surface area contributed by atoms with Gasteiger partial charge in [-0.15, -0.1) is 0 Å². The molecule has 4 fully saturated rings. The average molecular weight is 280 g/mol. The summed E-state index contributed by atoms with van der Waals surface area (Å²) in [7, 11) is 0. The van der Waals surface area contributed by atoms with Crippen molar-refractivity contribution in [2.75, 3.05) is 0 Å². The van der Waals surface area contributed by atoms with Gasteiger partial charge in [0.05, 0.1) is 29.3 Å². The number of hydrogen-bond donors (Lipinski definition) is 1. The molecule has 4 unspecified atom stereocenters. The summed E-state index contributed by atoms with van der Waals surface area (Å²) in [5.74, 6) is -0.666. The summed E-state index contributed by atoms with van der Waals surface area (Å²) in [5.41, 5.74) is -0.569. The smallest absolute Gasteiger partial charge is 0.312 e. The van der Waals surface area contributed by atoms with Crippen molar-refractivity contribution in [1.82, 2.24) is 0 Å². The van der Waals surface area contributed by atoms with Crippen LogP contribution >= 0.6 is 0 Å². The Morgan fingerprint density at radius 1 is 1.15 bits per heavy atom. The van der Waals surface area contributed by atoms with E-state index in [1.807, 2.05) is 0 Å². The maximum atomic E-state index is 11.9. The van der Waals surface area contributed by atoms with E-state index in [2.05, 4.69) is 0 Å². The summed E-state index contributed by atoms with van der Waals surface area (Å²) in [5, 5.41) is 9.77. The van der Waals surface area contributed by atoms with Crippen LogP contribution in [0.3, 0.4) is 0 Å². The maximum Gasteiger partial charge on any atom is 0.312 e. The molecule has 1 saturated carbocycles. The third-order valence-corrected chi connectivity index (χ3v) is 6.19. The zero-order valence-corrected chi connectivity index (χ0v) is 12.0. The van der Waals surface area contributed by atoms with Gasteiger partial charge in [0, 0.05) is 0 Å². The van der Waals surface area contributed by atoms with Gasteiger partial charge in [-0.05, 0) is 51.4 Å². The van der Waals surface area contributed by atoms with Crippen molar-refractivity contribution < 1.29 is 19.4 Å². The van der Waals surface area contributed by atoms with Crippen LogP contribution in [0.5, 0.6) is 0 Å². The molecule has 1 spiro atoms. The number of hydrogen-bond acceptors (Lipinski definition) is 3. The maximum absolute atomic E-state index is 11.9. The van der Waals surface area contributed by atoms with E-state index in [9.17, 15) is 9.90 Å². The molecule has 4 nitrogen and oxygen atoms in total. The summed E-state index contributed by atoms with van der Waals surface area (Å²) in [6.07, 6.45) is 10.6. The van der Waals surface area contributed by atoms with E-state index in [0.717, 1.165) is 25.7 Å². The molecule has 4 rings (SSSR count). The number of fused-ring (bicyclic) bond motifs is 2. The zero-order valence-electron chi connectivity index (χ0n) is 12.0. The van der Waals surface area contributed by atoms with Gasteiger partial charge in [0.1, 0.15) is 0 Å². The first-order valence-electron chi connectivity index (χ1n) is 8.19. The molecule has 1 N–H and O–H groups in total. The molecule has 4 aliphatic rings. The average Bonchev–Trinajstić information content (AvgIpc) is 3.17. The Hall–Kier alpha value is -0.610. The fourth-order valence-electron chi connectivity index (χ4n) is 5.16. The third-order valence-electron chi connectivity index (χ3n) is 6.19. The largest absolute Gasteiger partial charge is 0.481 e. The topological polar surface area (TPSA) is 55.8 Å². The van der Waals surface area contributed by atoms with Crippen LogP contribution in [-0.2, 0) is 14.3 Å². The lowest BCUT2D eigenvalue weighted by molar-refractivity contribution is -0.156. The number of carboxylic acids is 1. The minimum Gasteiger partial charge on any atom is -0.481 e. The Labute approximate surface area is 119 Å². The highest BCUT2D eigenvalue weighted by Crippen LogP contribution is 2.53. The molecule has 112 valence electrons. The molecule has 0 aromatic rings. The molecule has 0 aromatic carbocycles. The van der Waals surface area contributed by atoms with Gasteiger partial charge in [-0.3, -0.25) is 4.79 Å². The van der Waals surface area contributed by atoms with Crippen LogP contribution in [0, 0.1) is 5.41 Å². The molecule has 3 saturated heterocycles. The quantitative estimate of drug-likeness (QED) is 0.863. The van der Waals surface area contributed by atoms with Crippen molar-refractivity contribution in [3.63, 3.8) is 0 Å². The van der Waals surface area contributed by atoms with E-state index >= 15 is 0 Å². The van der Waals surface area contributed by atoms with Crippen molar-refractivity contribution in [3.8, 4) is 0 Å². The number of rotatable bonds is 3. The first kappa shape index (κ1) is 13.1. The summed E-state index contributed by atoms with van der Waals surface area (Å²) in [6, 6.07) is 0. The number of carbonyl (C=O) groups is 1. The van der Waals surface area contributed by atoms with Crippen molar-refractivity contribution in [2.45, 2.75) is 88.1 Å². The Balaban J connectivity index is 1.49. The van der Waals surface area contributed by atoms with Gasteiger partial charge in [-0.25, -0.2) is 0 Å². The van der Waals surface area contributed by atoms with E-state index < -0.39 is 11.4 Å². The Kier molecular flexibility index (Phi) is 2.90. The van der Waals surface area contributed by atoms with Gasteiger partial charge in [0.15, 0.2) is 0 Å². The van der Waals surface area contributed by atoms with Crippen LogP contribution < -0.4 is 0 Å². The molecule has 1 aliphatic carbocycles. The molecule has 0 radical (unpaired) electrons. The van der Waals surface area contributed by atoms with Crippen LogP contribution in [0.4, 0.5) is 0 Å². The van der Waals surface area contributed by atoms with Crippen molar-refractivity contribution >= 4 is 5.97 Å².